The zero-order valence-corrected chi connectivity index (χ0v) is 14.2. The molecule has 1 aliphatic carbocycles. The van der Waals surface area contributed by atoms with Gasteiger partial charge in [-0.05, 0) is 37.8 Å². The van der Waals surface area contributed by atoms with Gasteiger partial charge in [0.1, 0.15) is 11.5 Å². The summed E-state index contributed by atoms with van der Waals surface area (Å²) in [6.45, 7) is 1.36. The van der Waals surface area contributed by atoms with Gasteiger partial charge in [0.15, 0.2) is 5.82 Å². The average molecular weight is 356 g/mol. The molecule has 26 heavy (non-hydrogen) atoms. The number of carbonyl (C=O) groups excluding carboxylic acids is 1. The van der Waals surface area contributed by atoms with Gasteiger partial charge in [-0.25, -0.2) is 4.98 Å². The van der Waals surface area contributed by atoms with Crippen LogP contribution in [0.25, 0.3) is 0 Å². The molecule has 0 spiro atoms. The number of hydrogen-bond acceptors (Lipinski definition) is 6. The first-order valence-corrected chi connectivity index (χ1v) is 8.78. The van der Waals surface area contributed by atoms with Crippen LogP contribution >= 0.6 is 0 Å². The van der Waals surface area contributed by atoms with Crippen molar-refractivity contribution in [2.45, 2.75) is 37.5 Å². The summed E-state index contributed by atoms with van der Waals surface area (Å²) in [5.41, 5.74) is 5.81. The van der Waals surface area contributed by atoms with E-state index in [9.17, 15) is 14.9 Å². The van der Waals surface area contributed by atoms with Crippen LogP contribution in [0.15, 0.2) is 18.2 Å². The third-order valence-electron chi connectivity index (χ3n) is 5.14. The second-order valence-corrected chi connectivity index (χ2v) is 6.94. The summed E-state index contributed by atoms with van der Waals surface area (Å²) in [7, 11) is 0. The number of rotatable bonds is 5. The summed E-state index contributed by atoms with van der Waals surface area (Å²) < 4.78 is 0. The average Bonchev–Trinajstić information content (AvgIpc) is 3.38. The number of nitrogens with one attached hydrogen (secondary N) is 1. The van der Waals surface area contributed by atoms with Gasteiger partial charge in [0.05, 0.1) is 4.92 Å². The largest absolute Gasteiger partial charge is 0.366 e. The van der Waals surface area contributed by atoms with Crippen molar-refractivity contribution in [3.8, 4) is 0 Å². The Hall–Kier alpha value is -2.97. The number of piperidine rings is 1. The van der Waals surface area contributed by atoms with E-state index in [2.05, 4.69) is 15.2 Å². The van der Waals surface area contributed by atoms with Crippen LogP contribution in [0.1, 0.15) is 59.5 Å². The fourth-order valence-corrected chi connectivity index (χ4v) is 3.48. The Balaban J connectivity index is 1.48. The molecule has 1 aromatic carbocycles. The molecular weight excluding hydrogens is 336 g/mol. The quantitative estimate of drug-likeness (QED) is 0.623. The minimum Gasteiger partial charge on any atom is -0.366 e. The topological polar surface area (TPSA) is 131 Å². The lowest BCUT2D eigenvalue weighted by molar-refractivity contribution is -0.384. The number of H-pyrrole nitrogens is 1. The predicted molar refractivity (Wildman–Crippen MR) is 94.2 cm³/mol. The highest BCUT2D eigenvalue weighted by molar-refractivity contribution is 5.94. The lowest BCUT2D eigenvalue weighted by Crippen LogP contribution is -2.33. The monoisotopic (exact) mass is 356 g/mol. The Morgan fingerprint density at radius 3 is 2.58 bits per heavy atom. The number of aromatic nitrogens is 3. The van der Waals surface area contributed by atoms with Gasteiger partial charge >= 0.3 is 0 Å². The van der Waals surface area contributed by atoms with Crippen LogP contribution in [0.5, 0.6) is 0 Å². The van der Waals surface area contributed by atoms with Crippen LogP contribution in [0.4, 0.5) is 11.4 Å². The van der Waals surface area contributed by atoms with E-state index in [1.54, 1.807) is 6.07 Å². The number of primary amides is 1. The molecule has 1 aliphatic heterocycles. The maximum Gasteiger partial charge on any atom is 0.293 e. The molecule has 2 aromatic rings. The number of hydrogen-bond donors (Lipinski definition) is 2. The number of amides is 1. The summed E-state index contributed by atoms with van der Waals surface area (Å²) in [5.74, 6) is 1.97. The molecule has 2 heterocycles. The zero-order chi connectivity index (χ0) is 18.3. The van der Waals surface area contributed by atoms with Crippen molar-refractivity contribution in [3.63, 3.8) is 0 Å². The van der Waals surface area contributed by atoms with Crippen molar-refractivity contribution in [3.05, 3.63) is 45.5 Å². The van der Waals surface area contributed by atoms with Crippen molar-refractivity contribution in [1.29, 1.82) is 0 Å². The molecule has 9 heteroatoms. The highest BCUT2D eigenvalue weighted by atomic mass is 16.6. The second-order valence-electron chi connectivity index (χ2n) is 6.94. The summed E-state index contributed by atoms with van der Waals surface area (Å²) in [6, 6.07) is 4.40. The van der Waals surface area contributed by atoms with Gasteiger partial charge < -0.3 is 10.6 Å². The number of anilines is 1. The number of benzene rings is 1. The number of nitrogens with two attached hydrogens (primary N) is 1. The van der Waals surface area contributed by atoms with E-state index in [1.165, 1.54) is 25.0 Å². The number of nitrogens with zero attached hydrogens (tertiary/aromatic N) is 4. The second kappa shape index (κ2) is 6.40. The lowest BCUT2D eigenvalue weighted by Gasteiger charge is -2.32. The van der Waals surface area contributed by atoms with Crippen molar-refractivity contribution in [2.24, 2.45) is 5.73 Å². The molecule has 1 amide bonds. The van der Waals surface area contributed by atoms with Crippen molar-refractivity contribution >= 4 is 17.3 Å². The Bertz CT molecular complexity index is 852. The molecule has 0 bridgehead atoms. The van der Waals surface area contributed by atoms with Gasteiger partial charge in [-0.2, -0.15) is 5.10 Å². The SMILES string of the molecule is NC(=O)c1ccc(N2CCC(c3nc(C4CC4)n[nH]3)CC2)c([N+](=O)[O-])c1. The Labute approximate surface area is 149 Å². The highest BCUT2D eigenvalue weighted by Gasteiger charge is 2.31. The molecule has 3 N–H and O–H groups in total. The highest BCUT2D eigenvalue weighted by Crippen LogP contribution is 2.39. The first-order valence-electron chi connectivity index (χ1n) is 8.78. The molecule has 0 unspecified atom stereocenters. The molecular formula is C17H20N6O3. The van der Waals surface area contributed by atoms with E-state index in [-0.39, 0.29) is 17.2 Å². The predicted octanol–water partition coefficient (Wildman–Crippen LogP) is 2.07. The van der Waals surface area contributed by atoms with Gasteiger partial charge in [-0.1, -0.05) is 0 Å². The van der Waals surface area contributed by atoms with E-state index in [4.69, 9.17) is 5.73 Å². The Kier molecular flexibility index (Phi) is 4.06. The van der Waals surface area contributed by atoms with Crippen LogP contribution in [0.3, 0.4) is 0 Å². The maximum absolute atomic E-state index is 11.4. The molecule has 1 aromatic heterocycles. The van der Waals surface area contributed by atoms with E-state index >= 15 is 0 Å². The summed E-state index contributed by atoms with van der Waals surface area (Å²) in [4.78, 5) is 28.8. The first-order chi connectivity index (χ1) is 12.5. The number of carbonyl (C=O) groups is 1. The normalized spacial score (nSPS) is 18.1. The smallest absolute Gasteiger partial charge is 0.293 e. The van der Waals surface area contributed by atoms with E-state index < -0.39 is 10.8 Å². The van der Waals surface area contributed by atoms with Gasteiger partial charge in [-0.15, -0.1) is 0 Å². The molecule has 0 atom stereocenters. The first kappa shape index (κ1) is 16.5. The van der Waals surface area contributed by atoms with Crippen molar-refractivity contribution in [2.75, 3.05) is 18.0 Å². The van der Waals surface area contributed by atoms with E-state index in [0.29, 0.717) is 24.7 Å². The Morgan fingerprint density at radius 2 is 1.96 bits per heavy atom. The molecule has 1 saturated heterocycles. The van der Waals surface area contributed by atoms with Crippen LogP contribution in [0.2, 0.25) is 0 Å². The molecule has 0 radical (unpaired) electrons. The van der Waals surface area contributed by atoms with Crippen LogP contribution < -0.4 is 10.6 Å². The summed E-state index contributed by atoms with van der Waals surface area (Å²) in [5, 5.41) is 18.8. The van der Waals surface area contributed by atoms with Gasteiger partial charge in [0, 0.05) is 36.6 Å². The van der Waals surface area contributed by atoms with Gasteiger partial charge in [0.25, 0.3) is 5.69 Å². The maximum atomic E-state index is 11.4. The minimum atomic E-state index is -0.671. The molecule has 2 fully saturated rings. The molecule has 9 nitrogen and oxygen atoms in total. The summed E-state index contributed by atoms with van der Waals surface area (Å²) >= 11 is 0. The number of aromatic amines is 1. The van der Waals surface area contributed by atoms with Gasteiger partial charge in [0.2, 0.25) is 5.91 Å². The van der Waals surface area contributed by atoms with Crippen LogP contribution in [0, 0.1) is 10.1 Å². The minimum absolute atomic E-state index is 0.0876. The van der Waals surface area contributed by atoms with Gasteiger partial charge in [-0.3, -0.25) is 20.0 Å². The van der Waals surface area contributed by atoms with E-state index in [1.807, 2.05) is 4.90 Å². The third kappa shape index (κ3) is 3.12. The molecule has 136 valence electrons. The van der Waals surface area contributed by atoms with E-state index in [0.717, 1.165) is 24.5 Å². The van der Waals surface area contributed by atoms with Crippen molar-refractivity contribution < 1.29 is 9.72 Å². The third-order valence-corrected chi connectivity index (χ3v) is 5.14. The fraction of sp³-hybridized carbons (Fsp3) is 0.471. The van der Waals surface area contributed by atoms with Crippen LogP contribution in [-0.4, -0.2) is 39.1 Å². The molecule has 1 saturated carbocycles. The zero-order valence-electron chi connectivity index (χ0n) is 14.2. The van der Waals surface area contributed by atoms with Crippen molar-refractivity contribution in [1.82, 2.24) is 15.2 Å². The van der Waals surface area contributed by atoms with Crippen LogP contribution in [-0.2, 0) is 0 Å². The molecule has 4 rings (SSSR count). The fourth-order valence-electron chi connectivity index (χ4n) is 3.48. The molecule has 2 aliphatic rings. The summed E-state index contributed by atoms with van der Waals surface area (Å²) in [6.07, 6.45) is 4.02. The standard InChI is InChI=1S/C17H20N6O3/c18-15(24)12-3-4-13(14(9-12)23(25)26)22-7-5-11(6-8-22)17-19-16(20-21-17)10-1-2-10/h3-4,9-11H,1-2,5-8H2,(H2,18,24)(H,19,20,21). The number of nitro benzene ring substituents is 1. The number of nitro groups is 1. The lowest BCUT2D eigenvalue weighted by atomic mass is 9.95. The Morgan fingerprint density at radius 1 is 1.23 bits per heavy atom.